The minimum atomic E-state index is -0.639. The summed E-state index contributed by atoms with van der Waals surface area (Å²) < 4.78 is 2.78. The number of aryl methyl sites for hydroxylation is 2. The predicted octanol–water partition coefficient (Wildman–Crippen LogP) is 1.10. The van der Waals surface area contributed by atoms with E-state index >= 15 is 0 Å². The summed E-state index contributed by atoms with van der Waals surface area (Å²) in [6, 6.07) is 15.3. The number of carboxylic acid groups (broad SMARTS) is 1. The molecular formula is C29H31N7O6. The van der Waals surface area contributed by atoms with Gasteiger partial charge >= 0.3 is 5.69 Å². The standard InChI is InChI=1S/C28H29N7O4.CH2O2/c1-19-14-35(28(39)30-26(19)37)18-24(36)33-13-11-23-22(17-33)25(32(2)31-23)27(38)34(15-20-8-4-3-5-9-20)16-21-10-6-7-12-29-21;2-1-3/h3-10,12,14H,11,13,15-18H2,1-2H3,(H,30,37,39);1H,(H,2,3). The molecule has 13 nitrogen and oxygen atoms in total. The number of aromatic nitrogens is 5. The van der Waals surface area contributed by atoms with Crippen LogP contribution in [0.5, 0.6) is 0 Å². The summed E-state index contributed by atoms with van der Waals surface area (Å²) in [5.74, 6) is -0.492. The number of amides is 2. The van der Waals surface area contributed by atoms with Crippen LogP contribution in [-0.2, 0) is 49.2 Å². The van der Waals surface area contributed by atoms with Crippen LogP contribution in [-0.4, -0.2) is 64.1 Å². The van der Waals surface area contributed by atoms with Crippen molar-refractivity contribution in [1.82, 2.24) is 34.1 Å². The summed E-state index contributed by atoms with van der Waals surface area (Å²) in [5, 5.41) is 11.5. The highest BCUT2D eigenvalue weighted by atomic mass is 16.3. The highest BCUT2D eigenvalue weighted by Crippen LogP contribution is 2.25. The lowest BCUT2D eigenvalue weighted by Gasteiger charge is -2.28. The van der Waals surface area contributed by atoms with Gasteiger partial charge in [0.25, 0.3) is 17.9 Å². The third-order valence-corrected chi connectivity index (χ3v) is 6.83. The van der Waals surface area contributed by atoms with Crippen LogP contribution in [0.2, 0.25) is 0 Å². The third-order valence-electron chi connectivity index (χ3n) is 6.83. The summed E-state index contributed by atoms with van der Waals surface area (Å²) >= 11 is 0. The summed E-state index contributed by atoms with van der Waals surface area (Å²) in [6.07, 6.45) is 3.57. The molecule has 4 aromatic rings. The molecular weight excluding hydrogens is 542 g/mol. The van der Waals surface area contributed by atoms with Gasteiger partial charge in [0.15, 0.2) is 0 Å². The molecule has 4 heterocycles. The zero-order chi connectivity index (χ0) is 30.2. The maximum absolute atomic E-state index is 14.0. The van der Waals surface area contributed by atoms with Gasteiger partial charge in [-0.3, -0.25) is 38.4 Å². The highest BCUT2D eigenvalue weighted by molar-refractivity contribution is 5.94. The highest BCUT2D eigenvalue weighted by Gasteiger charge is 2.31. The van der Waals surface area contributed by atoms with Crippen molar-refractivity contribution in [3.05, 3.63) is 116 Å². The maximum Gasteiger partial charge on any atom is 0.328 e. The van der Waals surface area contributed by atoms with Gasteiger partial charge in [-0.05, 0) is 24.6 Å². The molecule has 0 bridgehead atoms. The summed E-state index contributed by atoms with van der Waals surface area (Å²) in [6.45, 7) is 2.42. The smallest absolute Gasteiger partial charge is 0.328 e. The number of aromatic amines is 1. The van der Waals surface area contributed by atoms with Crippen LogP contribution >= 0.6 is 0 Å². The van der Waals surface area contributed by atoms with E-state index in [1.165, 1.54) is 10.8 Å². The minimum Gasteiger partial charge on any atom is -0.483 e. The fourth-order valence-electron chi connectivity index (χ4n) is 4.80. The number of H-pyrrole nitrogens is 1. The second kappa shape index (κ2) is 13.4. The molecule has 0 spiro atoms. The molecule has 0 saturated heterocycles. The number of rotatable bonds is 7. The van der Waals surface area contributed by atoms with Gasteiger partial charge in [-0.2, -0.15) is 5.10 Å². The molecule has 13 heteroatoms. The number of fused-ring (bicyclic) bond motifs is 1. The van der Waals surface area contributed by atoms with E-state index in [9.17, 15) is 19.2 Å². The molecule has 0 radical (unpaired) electrons. The minimum absolute atomic E-state index is 0.197. The number of hydrogen-bond acceptors (Lipinski definition) is 7. The molecule has 2 N–H and O–H groups in total. The van der Waals surface area contributed by atoms with E-state index in [0.717, 1.165) is 17.0 Å². The molecule has 1 aromatic carbocycles. The van der Waals surface area contributed by atoms with Gasteiger partial charge in [-0.15, -0.1) is 0 Å². The summed E-state index contributed by atoms with van der Waals surface area (Å²) in [4.78, 5) is 69.5. The van der Waals surface area contributed by atoms with E-state index in [-0.39, 0.29) is 31.4 Å². The lowest BCUT2D eigenvalue weighted by Crippen LogP contribution is -2.41. The zero-order valence-electron chi connectivity index (χ0n) is 23.3. The van der Waals surface area contributed by atoms with Crippen molar-refractivity contribution >= 4 is 18.3 Å². The number of hydrogen-bond donors (Lipinski definition) is 2. The number of pyridine rings is 1. The second-order valence-electron chi connectivity index (χ2n) is 9.74. The molecule has 42 heavy (non-hydrogen) atoms. The first-order valence-corrected chi connectivity index (χ1v) is 13.2. The molecule has 1 aliphatic heterocycles. The van der Waals surface area contributed by atoms with Gasteiger partial charge in [0.2, 0.25) is 5.91 Å². The zero-order valence-corrected chi connectivity index (χ0v) is 23.3. The molecule has 2 amide bonds. The first-order valence-electron chi connectivity index (χ1n) is 13.2. The lowest BCUT2D eigenvalue weighted by atomic mass is 10.0. The monoisotopic (exact) mass is 573 g/mol. The number of benzene rings is 1. The van der Waals surface area contributed by atoms with Gasteiger partial charge in [0.1, 0.15) is 12.2 Å². The van der Waals surface area contributed by atoms with Crippen molar-refractivity contribution in [2.75, 3.05) is 6.54 Å². The van der Waals surface area contributed by atoms with Crippen LogP contribution in [0, 0.1) is 6.92 Å². The predicted molar refractivity (Wildman–Crippen MR) is 151 cm³/mol. The number of carbonyl (C=O) groups is 3. The molecule has 5 rings (SSSR count). The van der Waals surface area contributed by atoms with E-state index in [1.54, 1.807) is 34.6 Å². The third kappa shape index (κ3) is 6.86. The molecule has 1 aliphatic rings. The largest absolute Gasteiger partial charge is 0.483 e. The van der Waals surface area contributed by atoms with Crippen molar-refractivity contribution < 1.29 is 19.5 Å². The van der Waals surface area contributed by atoms with E-state index in [1.807, 2.05) is 48.5 Å². The van der Waals surface area contributed by atoms with E-state index < -0.39 is 11.2 Å². The topological polar surface area (TPSA) is 163 Å². The van der Waals surface area contributed by atoms with Crippen molar-refractivity contribution in [2.24, 2.45) is 7.05 Å². The molecule has 3 aromatic heterocycles. The molecule has 218 valence electrons. The molecule has 0 atom stereocenters. The quantitative estimate of drug-likeness (QED) is 0.311. The Morgan fingerprint density at radius 3 is 2.50 bits per heavy atom. The Balaban J connectivity index is 0.00000129. The fourth-order valence-corrected chi connectivity index (χ4v) is 4.80. The summed E-state index contributed by atoms with van der Waals surface area (Å²) in [7, 11) is 1.74. The first-order chi connectivity index (χ1) is 20.2. The second-order valence-corrected chi connectivity index (χ2v) is 9.74. The summed E-state index contributed by atoms with van der Waals surface area (Å²) in [5.41, 5.74) is 2.87. The van der Waals surface area contributed by atoms with Gasteiger partial charge < -0.3 is 14.9 Å². The van der Waals surface area contributed by atoms with E-state index in [2.05, 4.69) is 15.1 Å². The van der Waals surface area contributed by atoms with Crippen LogP contribution in [0.1, 0.15) is 38.6 Å². The van der Waals surface area contributed by atoms with E-state index in [4.69, 9.17) is 9.90 Å². The van der Waals surface area contributed by atoms with Crippen molar-refractivity contribution in [2.45, 2.75) is 39.5 Å². The molecule has 0 unspecified atom stereocenters. The Hall–Kier alpha value is -5.33. The van der Waals surface area contributed by atoms with Gasteiger partial charge in [-0.1, -0.05) is 36.4 Å². The van der Waals surface area contributed by atoms with Crippen molar-refractivity contribution in [1.29, 1.82) is 0 Å². The Labute approximate surface area is 240 Å². The molecule has 0 saturated carbocycles. The van der Waals surface area contributed by atoms with Gasteiger partial charge in [0.05, 0.1) is 17.9 Å². The Bertz CT molecular complexity index is 1640. The Kier molecular flexibility index (Phi) is 9.42. The number of nitrogens with one attached hydrogen (secondary N) is 1. The Morgan fingerprint density at radius 2 is 1.81 bits per heavy atom. The fraction of sp³-hybridized carbons (Fsp3) is 0.276. The van der Waals surface area contributed by atoms with Crippen LogP contribution in [0.25, 0.3) is 0 Å². The van der Waals surface area contributed by atoms with E-state index in [0.29, 0.717) is 42.9 Å². The van der Waals surface area contributed by atoms with Crippen molar-refractivity contribution in [3.8, 4) is 0 Å². The van der Waals surface area contributed by atoms with Crippen LogP contribution in [0.4, 0.5) is 0 Å². The number of nitrogens with zero attached hydrogens (tertiary/aromatic N) is 6. The molecule has 0 fully saturated rings. The Morgan fingerprint density at radius 1 is 1.10 bits per heavy atom. The lowest BCUT2D eigenvalue weighted by molar-refractivity contribution is -0.132. The van der Waals surface area contributed by atoms with Crippen LogP contribution < -0.4 is 11.2 Å². The van der Waals surface area contributed by atoms with Crippen molar-refractivity contribution in [3.63, 3.8) is 0 Å². The van der Waals surface area contributed by atoms with Crippen LogP contribution in [0.3, 0.4) is 0 Å². The average molecular weight is 574 g/mol. The maximum atomic E-state index is 14.0. The first kappa shape index (κ1) is 29.6. The number of carbonyl (C=O) groups excluding carboxylic acids is 2. The molecule has 0 aliphatic carbocycles. The average Bonchev–Trinajstić information content (AvgIpc) is 3.31. The van der Waals surface area contributed by atoms with Crippen LogP contribution in [0.15, 0.2) is 70.5 Å². The SMILES string of the molecule is Cc1cn(CC(=O)N2CCc3nn(C)c(C(=O)N(Cc4ccccc4)Cc4ccccn4)c3C2)c(=O)[nH]c1=O.O=CO. The van der Waals surface area contributed by atoms with Gasteiger partial charge in [0, 0.05) is 56.6 Å². The normalized spacial score (nSPS) is 12.1. The van der Waals surface area contributed by atoms with Gasteiger partial charge in [-0.25, -0.2) is 4.79 Å².